The monoisotopic (exact) mass is 206 g/mol. The van der Waals surface area contributed by atoms with Crippen LogP contribution in [0.2, 0.25) is 0 Å². The molecule has 0 heterocycles. The second-order valence-electron chi connectivity index (χ2n) is 4.52. The Labute approximate surface area is 90.9 Å². The van der Waals surface area contributed by atoms with E-state index in [0.29, 0.717) is 0 Å². The lowest BCUT2D eigenvalue weighted by Gasteiger charge is -2.13. The van der Waals surface area contributed by atoms with Crippen molar-refractivity contribution in [2.75, 3.05) is 7.11 Å². The average molecular weight is 206 g/mol. The van der Waals surface area contributed by atoms with Gasteiger partial charge in [0.2, 0.25) is 0 Å². The first-order valence-electron chi connectivity index (χ1n) is 5.47. The van der Waals surface area contributed by atoms with E-state index in [1.165, 1.54) is 11.1 Å². The first-order chi connectivity index (χ1) is 7.13. The molecule has 15 heavy (non-hydrogen) atoms. The number of ether oxygens (including phenoxy) is 1. The Morgan fingerprint density at radius 1 is 1.47 bits per heavy atom. The van der Waals surface area contributed by atoms with Gasteiger partial charge in [0.15, 0.2) is 0 Å². The molecule has 0 saturated heterocycles. The topological polar surface area (TPSA) is 29.5 Å². The summed E-state index contributed by atoms with van der Waals surface area (Å²) in [6.07, 6.45) is 2.78. The molecule has 82 valence electrons. The van der Waals surface area contributed by atoms with E-state index in [-0.39, 0.29) is 6.10 Å². The van der Waals surface area contributed by atoms with Crippen LogP contribution in [0, 0.1) is 0 Å². The molecule has 0 amide bonds. The molecule has 2 nitrogen and oxygen atoms in total. The second-order valence-corrected chi connectivity index (χ2v) is 4.52. The summed E-state index contributed by atoms with van der Waals surface area (Å²) in [5.41, 5.74) is 1.98. The first kappa shape index (κ1) is 10.7. The SMILES string of the molecule is COC(C)c1cccc(CC2(O)CC2)c1. The minimum atomic E-state index is -0.408. The standard InChI is InChI=1S/C13H18O2/c1-10(15-2)12-5-3-4-11(8-12)9-13(14)6-7-13/h3-5,8,10,14H,6-7,9H2,1-2H3. The summed E-state index contributed by atoms with van der Waals surface area (Å²) in [5.74, 6) is 0. The Morgan fingerprint density at radius 2 is 2.20 bits per heavy atom. The van der Waals surface area contributed by atoms with Gasteiger partial charge in [-0.2, -0.15) is 0 Å². The van der Waals surface area contributed by atoms with Crippen LogP contribution in [0.1, 0.15) is 37.0 Å². The van der Waals surface area contributed by atoms with Gasteiger partial charge in [-0.3, -0.25) is 0 Å². The zero-order chi connectivity index (χ0) is 10.9. The molecule has 0 aliphatic heterocycles. The minimum Gasteiger partial charge on any atom is -0.390 e. The maximum atomic E-state index is 9.84. The van der Waals surface area contributed by atoms with Crippen molar-refractivity contribution < 1.29 is 9.84 Å². The Bertz CT molecular complexity index is 342. The van der Waals surface area contributed by atoms with E-state index in [4.69, 9.17) is 4.74 Å². The fourth-order valence-electron chi connectivity index (χ4n) is 1.79. The van der Waals surface area contributed by atoms with Crippen molar-refractivity contribution in [2.45, 2.75) is 37.9 Å². The quantitative estimate of drug-likeness (QED) is 0.820. The van der Waals surface area contributed by atoms with Gasteiger partial charge in [0.05, 0.1) is 11.7 Å². The number of benzene rings is 1. The molecule has 1 aromatic carbocycles. The zero-order valence-electron chi connectivity index (χ0n) is 9.36. The van der Waals surface area contributed by atoms with Crippen LogP contribution in [-0.4, -0.2) is 17.8 Å². The largest absolute Gasteiger partial charge is 0.390 e. The van der Waals surface area contributed by atoms with Crippen LogP contribution in [-0.2, 0) is 11.2 Å². The summed E-state index contributed by atoms with van der Waals surface area (Å²) in [5, 5.41) is 9.84. The highest BCUT2D eigenvalue weighted by molar-refractivity contribution is 5.27. The predicted octanol–water partition coefficient (Wildman–Crippen LogP) is 2.46. The Kier molecular flexibility index (Phi) is 2.81. The van der Waals surface area contributed by atoms with Gasteiger partial charge >= 0.3 is 0 Å². The molecule has 1 atom stereocenters. The van der Waals surface area contributed by atoms with E-state index < -0.39 is 5.60 Å². The first-order valence-corrected chi connectivity index (χ1v) is 5.47. The van der Waals surface area contributed by atoms with Gasteiger partial charge in [-0.15, -0.1) is 0 Å². The van der Waals surface area contributed by atoms with Gasteiger partial charge in [0.25, 0.3) is 0 Å². The van der Waals surface area contributed by atoms with Crippen LogP contribution in [0.15, 0.2) is 24.3 Å². The van der Waals surface area contributed by atoms with E-state index in [1.54, 1.807) is 7.11 Å². The fourth-order valence-corrected chi connectivity index (χ4v) is 1.79. The van der Waals surface area contributed by atoms with Crippen molar-refractivity contribution in [3.63, 3.8) is 0 Å². The third kappa shape index (κ3) is 2.58. The highest BCUT2D eigenvalue weighted by Crippen LogP contribution is 2.38. The molecule has 0 radical (unpaired) electrons. The van der Waals surface area contributed by atoms with Crippen LogP contribution in [0.4, 0.5) is 0 Å². The molecule has 2 rings (SSSR count). The molecule has 2 heteroatoms. The van der Waals surface area contributed by atoms with Gasteiger partial charge in [0.1, 0.15) is 0 Å². The second kappa shape index (κ2) is 3.95. The van der Waals surface area contributed by atoms with Gasteiger partial charge in [-0.25, -0.2) is 0 Å². The molecule has 0 bridgehead atoms. The normalized spacial score (nSPS) is 19.9. The number of hydrogen-bond acceptors (Lipinski definition) is 2. The van der Waals surface area contributed by atoms with E-state index in [9.17, 15) is 5.11 Å². The van der Waals surface area contributed by atoms with E-state index in [0.717, 1.165) is 19.3 Å². The molecule has 1 unspecified atom stereocenters. The third-order valence-electron chi connectivity index (χ3n) is 3.13. The van der Waals surface area contributed by atoms with Crippen LogP contribution >= 0.6 is 0 Å². The van der Waals surface area contributed by atoms with E-state index in [1.807, 2.05) is 13.0 Å². The van der Waals surface area contributed by atoms with Gasteiger partial charge in [-0.1, -0.05) is 24.3 Å². The average Bonchev–Trinajstić information content (AvgIpc) is 2.95. The lowest BCUT2D eigenvalue weighted by Crippen LogP contribution is -2.11. The molecule has 1 saturated carbocycles. The molecule has 1 N–H and O–H groups in total. The highest BCUT2D eigenvalue weighted by Gasteiger charge is 2.40. The van der Waals surface area contributed by atoms with Gasteiger partial charge in [0, 0.05) is 13.5 Å². The van der Waals surface area contributed by atoms with Crippen molar-refractivity contribution in [1.82, 2.24) is 0 Å². The van der Waals surface area contributed by atoms with E-state index >= 15 is 0 Å². The summed E-state index contributed by atoms with van der Waals surface area (Å²) in [6.45, 7) is 2.03. The summed E-state index contributed by atoms with van der Waals surface area (Å²) in [7, 11) is 1.71. The highest BCUT2D eigenvalue weighted by atomic mass is 16.5. The summed E-state index contributed by atoms with van der Waals surface area (Å²) in [4.78, 5) is 0. The summed E-state index contributed by atoms with van der Waals surface area (Å²) < 4.78 is 5.27. The van der Waals surface area contributed by atoms with Crippen molar-refractivity contribution >= 4 is 0 Å². The maximum Gasteiger partial charge on any atom is 0.0793 e. The number of rotatable bonds is 4. The summed E-state index contributed by atoms with van der Waals surface area (Å²) >= 11 is 0. The van der Waals surface area contributed by atoms with Gasteiger partial charge in [-0.05, 0) is 30.9 Å². The fraction of sp³-hybridized carbons (Fsp3) is 0.538. The zero-order valence-corrected chi connectivity index (χ0v) is 9.36. The molecule has 0 aromatic heterocycles. The molecule has 1 aliphatic carbocycles. The molecular formula is C13H18O2. The van der Waals surface area contributed by atoms with Crippen molar-refractivity contribution in [3.8, 4) is 0 Å². The molecule has 1 aromatic rings. The van der Waals surface area contributed by atoms with Gasteiger partial charge < -0.3 is 9.84 Å². The minimum absolute atomic E-state index is 0.124. The van der Waals surface area contributed by atoms with Crippen LogP contribution in [0.3, 0.4) is 0 Å². The maximum absolute atomic E-state index is 9.84. The molecule has 1 fully saturated rings. The Balaban J connectivity index is 2.11. The van der Waals surface area contributed by atoms with Crippen molar-refractivity contribution in [1.29, 1.82) is 0 Å². The predicted molar refractivity (Wildman–Crippen MR) is 59.8 cm³/mol. The Morgan fingerprint density at radius 3 is 2.80 bits per heavy atom. The molecular weight excluding hydrogens is 188 g/mol. The van der Waals surface area contributed by atoms with Crippen molar-refractivity contribution in [3.05, 3.63) is 35.4 Å². The Hall–Kier alpha value is -0.860. The summed E-state index contributed by atoms with van der Waals surface area (Å²) in [6, 6.07) is 8.30. The van der Waals surface area contributed by atoms with Crippen LogP contribution in [0.25, 0.3) is 0 Å². The van der Waals surface area contributed by atoms with Crippen LogP contribution in [0.5, 0.6) is 0 Å². The van der Waals surface area contributed by atoms with Crippen molar-refractivity contribution in [2.24, 2.45) is 0 Å². The lowest BCUT2D eigenvalue weighted by atomic mass is 10.0. The van der Waals surface area contributed by atoms with E-state index in [2.05, 4.69) is 18.2 Å². The number of aliphatic hydroxyl groups is 1. The van der Waals surface area contributed by atoms with Crippen LogP contribution < -0.4 is 0 Å². The number of hydrogen-bond donors (Lipinski definition) is 1. The smallest absolute Gasteiger partial charge is 0.0793 e. The number of methoxy groups -OCH3 is 1. The lowest BCUT2D eigenvalue weighted by molar-refractivity contribution is 0.119. The molecule has 1 aliphatic rings. The third-order valence-corrected chi connectivity index (χ3v) is 3.13. The molecule has 0 spiro atoms.